The number of nitrogens with zero attached hydrogens (tertiary/aromatic N) is 2. The van der Waals surface area contributed by atoms with E-state index in [0.29, 0.717) is 10.0 Å². The number of carboxylic acids is 1. The Hall–Kier alpha value is -3.93. The van der Waals surface area contributed by atoms with Crippen LogP contribution in [0.3, 0.4) is 0 Å². The Balaban J connectivity index is 1.66. The van der Waals surface area contributed by atoms with E-state index in [1.165, 1.54) is 67.8 Å². The van der Waals surface area contributed by atoms with Crippen LogP contribution in [0.2, 0.25) is 10.0 Å². The van der Waals surface area contributed by atoms with Gasteiger partial charge in [-0.25, -0.2) is 4.79 Å². The molecule has 2 N–H and O–H groups in total. The fourth-order valence-electron chi connectivity index (χ4n) is 5.04. The second-order valence-corrected chi connectivity index (χ2v) is 11.3. The second kappa shape index (κ2) is 11.6. The monoisotopic (exact) mass is 691 g/mol. The third-order valence-electron chi connectivity index (χ3n) is 6.98. The van der Waals surface area contributed by atoms with E-state index in [2.05, 4.69) is 26.2 Å². The zero-order chi connectivity index (χ0) is 31.2. The van der Waals surface area contributed by atoms with Crippen LogP contribution >= 0.6 is 39.1 Å². The summed E-state index contributed by atoms with van der Waals surface area (Å²) in [5.74, 6) is -2.20. The van der Waals surface area contributed by atoms with Gasteiger partial charge in [-0.3, -0.25) is 14.6 Å². The smallest absolute Gasteiger partial charge is 0.417 e. The molecular formula is C30H19BrCl2F3N3O4. The molecule has 0 bridgehead atoms. The Morgan fingerprint density at radius 2 is 1.74 bits per heavy atom. The van der Waals surface area contributed by atoms with Gasteiger partial charge in [-0.15, -0.1) is 0 Å². The number of carbonyl (C=O) groups is 2. The van der Waals surface area contributed by atoms with Crippen molar-refractivity contribution in [2.75, 3.05) is 0 Å². The van der Waals surface area contributed by atoms with Crippen LogP contribution in [0.25, 0.3) is 32.9 Å². The van der Waals surface area contributed by atoms with Crippen molar-refractivity contribution in [2.24, 2.45) is 7.05 Å². The highest BCUT2D eigenvalue weighted by molar-refractivity contribution is 9.10. The summed E-state index contributed by atoms with van der Waals surface area (Å²) in [6.45, 7) is 0. The molecule has 0 saturated carbocycles. The molecule has 7 nitrogen and oxygen atoms in total. The fraction of sp³-hybridized carbons (Fsp3) is 0.133. The molecule has 0 fully saturated rings. The molecule has 5 rings (SSSR count). The number of rotatable bonds is 6. The van der Waals surface area contributed by atoms with E-state index in [4.69, 9.17) is 23.2 Å². The third kappa shape index (κ3) is 5.72. The molecule has 0 saturated heterocycles. The lowest BCUT2D eigenvalue weighted by atomic mass is 9.91. The van der Waals surface area contributed by atoms with Crippen molar-refractivity contribution < 1.29 is 27.9 Å². The molecule has 2 heterocycles. The Morgan fingerprint density at radius 3 is 2.40 bits per heavy atom. The van der Waals surface area contributed by atoms with Gasteiger partial charge in [0.1, 0.15) is 6.04 Å². The number of fused-ring (bicyclic) bond motifs is 2. The number of carbonyl (C=O) groups excluding carboxylic acids is 1. The van der Waals surface area contributed by atoms with Crippen LogP contribution in [0.15, 0.2) is 76.1 Å². The molecule has 1 atom stereocenters. The minimum Gasteiger partial charge on any atom is -0.480 e. The number of hydrogen-bond acceptors (Lipinski definition) is 4. The van der Waals surface area contributed by atoms with Gasteiger partial charge in [0.25, 0.3) is 11.5 Å². The van der Waals surface area contributed by atoms with Crippen LogP contribution in [-0.2, 0) is 24.4 Å². The SMILES string of the molecule is Cn1c(=O)c(-c2ccc(C[C@H](NC(=O)c3c(Cl)cccc3Cl)C(=O)O)c3ncccc23)c(C(F)(F)F)c2cc(Br)ccc21. The quantitative estimate of drug-likeness (QED) is 0.195. The normalized spacial score (nSPS) is 12.4. The number of alkyl halides is 3. The second-order valence-electron chi connectivity index (χ2n) is 9.61. The maximum atomic E-state index is 14.7. The summed E-state index contributed by atoms with van der Waals surface area (Å²) in [5, 5.41) is 12.4. The minimum atomic E-state index is -4.90. The van der Waals surface area contributed by atoms with Crippen LogP contribution in [0.5, 0.6) is 0 Å². The topological polar surface area (TPSA) is 101 Å². The number of pyridine rings is 2. The highest BCUT2D eigenvalue weighted by atomic mass is 79.9. The first kappa shape index (κ1) is 30.5. The molecule has 0 unspecified atom stereocenters. The van der Waals surface area contributed by atoms with Gasteiger partial charge in [0.2, 0.25) is 0 Å². The summed E-state index contributed by atoms with van der Waals surface area (Å²) in [5.41, 5.74) is -2.09. The molecule has 1 amide bonds. The molecule has 0 spiro atoms. The van der Waals surface area contributed by atoms with E-state index in [9.17, 15) is 32.7 Å². The number of aliphatic carboxylic acids is 1. The van der Waals surface area contributed by atoms with Crippen molar-refractivity contribution in [1.29, 1.82) is 0 Å². The molecule has 0 aliphatic heterocycles. The van der Waals surface area contributed by atoms with Gasteiger partial charge in [0.05, 0.1) is 37.8 Å². The summed E-state index contributed by atoms with van der Waals surface area (Å²) in [6, 6.07) is 12.9. The minimum absolute atomic E-state index is 0.0232. The first-order valence-electron chi connectivity index (χ1n) is 12.5. The Bertz CT molecular complexity index is 1990. The largest absolute Gasteiger partial charge is 0.480 e. The zero-order valence-corrected chi connectivity index (χ0v) is 25.1. The van der Waals surface area contributed by atoms with E-state index in [1.54, 1.807) is 6.07 Å². The summed E-state index contributed by atoms with van der Waals surface area (Å²) < 4.78 is 45.5. The van der Waals surface area contributed by atoms with Gasteiger partial charge in [-0.1, -0.05) is 63.4 Å². The number of hydrogen-bond donors (Lipinski definition) is 2. The number of carboxylic acid groups (broad SMARTS) is 1. The van der Waals surface area contributed by atoms with Gasteiger partial charge in [-0.05, 0) is 47.5 Å². The molecule has 43 heavy (non-hydrogen) atoms. The van der Waals surface area contributed by atoms with Crippen LogP contribution < -0.4 is 10.9 Å². The number of amides is 1. The molecule has 0 aliphatic rings. The molecule has 13 heteroatoms. The number of benzene rings is 3. The summed E-state index contributed by atoms with van der Waals surface area (Å²) in [6.07, 6.45) is -3.78. The maximum absolute atomic E-state index is 14.7. The van der Waals surface area contributed by atoms with E-state index in [1.807, 2.05) is 0 Å². The first-order chi connectivity index (χ1) is 20.3. The summed E-state index contributed by atoms with van der Waals surface area (Å²) in [7, 11) is 1.39. The highest BCUT2D eigenvalue weighted by Crippen LogP contribution is 2.42. The van der Waals surface area contributed by atoms with E-state index < -0.39 is 40.8 Å². The molecule has 0 radical (unpaired) electrons. The molecule has 3 aromatic carbocycles. The third-order valence-corrected chi connectivity index (χ3v) is 8.10. The first-order valence-corrected chi connectivity index (χ1v) is 14.1. The van der Waals surface area contributed by atoms with Crippen molar-refractivity contribution in [3.63, 3.8) is 0 Å². The van der Waals surface area contributed by atoms with E-state index >= 15 is 0 Å². The lowest BCUT2D eigenvalue weighted by Crippen LogP contribution is -2.42. The molecule has 5 aromatic rings. The van der Waals surface area contributed by atoms with Gasteiger partial charge in [-0.2, -0.15) is 13.2 Å². The highest BCUT2D eigenvalue weighted by Gasteiger charge is 2.38. The van der Waals surface area contributed by atoms with Crippen LogP contribution in [0.4, 0.5) is 13.2 Å². The Kier molecular flexibility index (Phi) is 8.26. The number of aryl methyl sites for hydroxylation is 1. The van der Waals surface area contributed by atoms with Gasteiger partial charge >= 0.3 is 12.1 Å². The average Bonchev–Trinajstić information content (AvgIpc) is 2.94. The van der Waals surface area contributed by atoms with Gasteiger partial charge in [0.15, 0.2) is 0 Å². The number of halogens is 6. The molecule has 2 aromatic heterocycles. The fourth-order valence-corrected chi connectivity index (χ4v) is 5.97. The number of aromatic nitrogens is 2. The molecule has 220 valence electrons. The molecule has 0 aliphatic carbocycles. The average molecular weight is 693 g/mol. The lowest BCUT2D eigenvalue weighted by molar-refractivity contribution is -0.139. The van der Waals surface area contributed by atoms with Gasteiger partial charge < -0.3 is 15.0 Å². The van der Waals surface area contributed by atoms with Gasteiger partial charge in [0, 0.05) is 34.9 Å². The van der Waals surface area contributed by atoms with E-state index in [-0.39, 0.29) is 49.4 Å². The summed E-state index contributed by atoms with van der Waals surface area (Å²) in [4.78, 5) is 42.9. The maximum Gasteiger partial charge on any atom is 0.417 e. The van der Waals surface area contributed by atoms with Crippen LogP contribution in [0, 0.1) is 0 Å². The van der Waals surface area contributed by atoms with Crippen molar-refractivity contribution >= 4 is 72.8 Å². The van der Waals surface area contributed by atoms with E-state index in [0.717, 1.165) is 4.57 Å². The summed E-state index contributed by atoms with van der Waals surface area (Å²) >= 11 is 15.4. The molecular weight excluding hydrogens is 674 g/mol. The van der Waals surface area contributed by atoms with Crippen molar-refractivity contribution in [3.8, 4) is 11.1 Å². The van der Waals surface area contributed by atoms with Crippen molar-refractivity contribution in [1.82, 2.24) is 14.9 Å². The van der Waals surface area contributed by atoms with Crippen LogP contribution in [-0.4, -0.2) is 32.6 Å². The zero-order valence-electron chi connectivity index (χ0n) is 22.0. The predicted molar refractivity (Wildman–Crippen MR) is 162 cm³/mol. The van der Waals surface area contributed by atoms with Crippen molar-refractivity contribution in [3.05, 3.63) is 108 Å². The standard InChI is InChI=1S/C30H19BrCl2F3N3O4/c1-39-22-10-8-15(31)13-18(22)25(30(34,35)36)23(28(39)41)16-9-7-14(26-17(16)4-3-11-37-26)12-21(29(42)43)38-27(40)24-19(32)5-2-6-20(24)33/h2-11,13,21H,12H2,1H3,(H,38,40)(H,42,43)/t21-/m0/s1. The Labute approximate surface area is 260 Å². The predicted octanol–water partition coefficient (Wildman–Crippen LogP) is 7.27. The van der Waals surface area contributed by atoms with Crippen LogP contribution in [0.1, 0.15) is 21.5 Å². The Morgan fingerprint density at radius 1 is 1.05 bits per heavy atom. The lowest BCUT2D eigenvalue weighted by Gasteiger charge is -2.20. The van der Waals surface area contributed by atoms with Crippen molar-refractivity contribution in [2.45, 2.75) is 18.6 Å². The number of nitrogens with one attached hydrogen (secondary N) is 1.